The molecule has 4 heteroatoms. The highest BCUT2D eigenvalue weighted by atomic mass is 35.5. The lowest BCUT2D eigenvalue weighted by atomic mass is 10.2. The number of benzene rings is 1. The van der Waals surface area contributed by atoms with Crippen LogP contribution in [0.1, 0.15) is 5.56 Å². The van der Waals surface area contributed by atoms with Crippen molar-refractivity contribution in [2.45, 2.75) is 6.54 Å². The van der Waals surface area contributed by atoms with Crippen molar-refractivity contribution >= 4 is 17.3 Å². The Hall–Kier alpha value is -0.770. The molecular formula is C11H17ClN2O. The van der Waals surface area contributed by atoms with Gasteiger partial charge in [0.15, 0.2) is 0 Å². The molecule has 0 spiro atoms. The van der Waals surface area contributed by atoms with E-state index in [1.807, 2.05) is 25.2 Å². The van der Waals surface area contributed by atoms with Crippen LogP contribution in [0.15, 0.2) is 18.2 Å². The van der Waals surface area contributed by atoms with E-state index in [1.165, 1.54) is 0 Å². The number of likely N-dealkylation sites (N-methyl/N-ethyl adjacent to an activating group) is 1. The summed E-state index contributed by atoms with van der Waals surface area (Å²) in [5.41, 5.74) is 7.58. The molecule has 0 saturated heterocycles. The highest BCUT2D eigenvalue weighted by Gasteiger charge is 2.05. The van der Waals surface area contributed by atoms with Crippen LogP contribution in [0.5, 0.6) is 0 Å². The molecular weight excluding hydrogens is 212 g/mol. The molecule has 1 aromatic carbocycles. The minimum Gasteiger partial charge on any atom is -0.383 e. The minimum atomic E-state index is 0.516. The third kappa shape index (κ3) is 3.38. The highest BCUT2D eigenvalue weighted by molar-refractivity contribution is 6.33. The third-order valence-electron chi connectivity index (χ3n) is 2.29. The predicted octanol–water partition coefficient (Wildman–Crippen LogP) is 1.88. The van der Waals surface area contributed by atoms with Crippen molar-refractivity contribution in [1.29, 1.82) is 0 Å². The monoisotopic (exact) mass is 228 g/mol. The molecule has 0 aliphatic heterocycles. The summed E-state index contributed by atoms with van der Waals surface area (Å²) in [5, 5.41) is 0.733. The molecule has 3 nitrogen and oxygen atoms in total. The summed E-state index contributed by atoms with van der Waals surface area (Å²) in [7, 11) is 3.68. The zero-order valence-corrected chi connectivity index (χ0v) is 9.92. The number of halogens is 1. The lowest BCUT2D eigenvalue weighted by molar-refractivity contribution is 0.206. The molecule has 1 aromatic rings. The molecule has 84 valence electrons. The van der Waals surface area contributed by atoms with Crippen molar-refractivity contribution in [1.82, 2.24) is 0 Å². The van der Waals surface area contributed by atoms with Gasteiger partial charge in [-0.1, -0.05) is 17.7 Å². The van der Waals surface area contributed by atoms with Gasteiger partial charge in [-0.3, -0.25) is 0 Å². The van der Waals surface area contributed by atoms with Crippen molar-refractivity contribution < 1.29 is 4.74 Å². The minimum absolute atomic E-state index is 0.516. The Kier molecular flexibility index (Phi) is 4.88. The Morgan fingerprint density at radius 3 is 2.73 bits per heavy atom. The van der Waals surface area contributed by atoms with Crippen LogP contribution in [0.4, 0.5) is 5.69 Å². The molecule has 15 heavy (non-hydrogen) atoms. The molecule has 0 amide bonds. The van der Waals surface area contributed by atoms with Gasteiger partial charge in [-0.2, -0.15) is 0 Å². The molecule has 0 aromatic heterocycles. The SMILES string of the molecule is COCCN(C)c1ccc(CN)cc1Cl. The van der Waals surface area contributed by atoms with Gasteiger partial charge in [-0.15, -0.1) is 0 Å². The topological polar surface area (TPSA) is 38.5 Å². The first kappa shape index (κ1) is 12.3. The van der Waals surface area contributed by atoms with Crippen molar-refractivity contribution in [2.75, 3.05) is 32.2 Å². The molecule has 1 rings (SSSR count). The number of hydrogen-bond acceptors (Lipinski definition) is 3. The smallest absolute Gasteiger partial charge is 0.0642 e. The average Bonchev–Trinajstić information content (AvgIpc) is 2.25. The number of methoxy groups -OCH3 is 1. The predicted molar refractivity (Wildman–Crippen MR) is 64.5 cm³/mol. The number of anilines is 1. The maximum atomic E-state index is 6.14. The van der Waals surface area contributed by atoms with Crippen molar-refractivity contribution in [3.05, 3.63) is 28.8 Å². The van der Waals surface area contributed by atoms with Crippen LogP contribution in [0, 0.1) is 0 Å². The summed E-state index contributed by atoms with van der Waals surface area (Å²) in [6.45, 7) is 2.02. The fourth-order valence-corrected chi connectivity index (χ4v) is 1.68. The lowest BCUT2D eigenvalue weighted by Crippen LogP contribution is -2.22. The summed E-state index contributed by atoms with van der Waals surface area (Å²) in [6, 6.07) is 5.88. The van der Waals surface area contributed by atoms with Gasteiger partial charge in [-0.25, -0.2) is 0 Å². The van der Waals surface area contributed by atoms with Crippen molar-refractivity contribution in [3.8, 4) is 0 Å². The molecule has 0 atom stereocenters. The second kappa shape index (κ2) is 5.95. The first-order chi connectivity index (χ1) is 7.19. The fourth-order valence-electron chi connectivity index (χ4n) is 1.34. The zero-order chi connectivity index (χ0) is 11.3. The third-order valence-corrected chi connectivity index (χ3v) is 2.59. The van der Waals surface area contributed by atoms with Crippen LogP contribution in [0.3, 0.4) is 0 Å². The number of nitrogens with two attached hydrogens (primary N) is 1. The van der Waals surface area contributed by atoms with E-state index in [0.29, 0.717) is 13.2 Å². The first-order valence-electron chi connectivity index (χ1n) is 4.87. The Bertz CT molecular complexity index is 317. The van der Waals surface area contributed by atoms with Gasteiger partial charge in [0.05, 0.1) is 17.3 Å². The molecule has 0 heterocycles. The molecule has 0 aliphatic rings. The van der Waals surface area contributed by atoms with E-state index in [-0.39, 0.29) is 0 Å². The van der Waals surface area contributed by atoms with Crippen LogP contribution in [0.2, 0.25) is 5.02 Å². The van der Waals surface area contributed by atoms with Gasteiger partial charge >= 0.3 is 0 Å². The quantitative estimate of drug-likeness (QED) is 0.837. The van der Waals surface area contributed by atoms with E-state index in [2.05, 4.69) is 4.90 Å². The van der Waals surface area contributed by atoms with Gasteiger partial charge in [0, 0.05) is 27.2 Å². The summed E-state index contributed by atoms with van der Waals surface area (Å²) in [6.07, 6.45) is 0. The van der Waals surface area contributed by atoms with Gasteiger partial charge in [0.1, 0.15) is 0 Å². The van der Waals surface area contributed by atoms with Gasteiger partial charge in [-0.05, 0) is 17.7 Å². The van der Waals surface area contributed by atoms with E-state index >= 15 is 0 Å². The second-order valence-corrected chi connectivity index (χ2v) is 3.81. The summed E-state index contributed by atoms with van der Waals surface area (Å²) in [5.74, 6) is 0. The van der Waals surface area contributed by atoms with Crippen molar-refractivity contribution in [2.24, 2.45) is 5.73 Å². The van der Waals surface area contributed by atoms with E-state index in [4.69, 9.17) is 22.1 Å². The zero-order valence-electron chi connectivity index (χ0n) is 9.16. The standard InChI is InChI=1S/C11H17ClN2O/c1-14(5-6-15-2)11-4-3-9(8-13)7-10(11)12/h3-4,7H,5-6,8,13H2,1-2H3. The van der Waals surface area contributed by atoms with Crippen LogP contribution in [-0.4, -0.2) is 27.3 Å². The second-order valence-electron chi connectivity index (χ2n) is 3.40. The van der Waals surface area contributed by atoms with Crippen molar-refractivity contribution in [3.63, 3.8) is 0 Å². The van der Waals surface area contributed by atoms with E-state index in [1.54, 1.807) is 7.11 Å². The van der Waals surface area contributed by atoms with Crippen LogP contribution in [0.25, 0.3) is 0 Å². The lowest BCUT2D eigenvalue weighted by Gasteiger charge is -2.20. The van der Waals surface area contributed by atoms with E-state index in [9.17, 15) is 0 Å². The summed E-state index contributed by atoms with van der Waals surface area (Å²) < 4.78 is 5.01. The Morgan fingerprint density at radius 2 is 2.20 bits per heavy atom. The molecule has 0 aliphatic carbocycles. The van der Waals surface area contributed by atoms with E-state index < -0.39 is 0 Å². The summed E-state index contributed by atoms with van der Waals surface area (Å²) in [4.78, 5) is 2.06. The Morgan fingerprint density at radius 1 is 1.47 bits per heavy atom. The molecule has 0 radical (unpaired) electrons. The first-order valence-corrected chi connectivity index (χ1v) is 5.25. The molecule has 0 saturated carbocycles. The Labute approximate surface area is 95.8 Å². The number of rotatable bonds is 5. The molecule has 0 fully saturated rings. The fraction of sp³-hybridized carbons (Fsp3) is 0.455. The number of nitrogens with zero attached hydrogens (tertiary/aromatic N) is 1. The average molecular weight is 229 g/mol. The number of hydrogen-bond donors (Lipinski definition) is 1. The summed E-state index contributed by atoms with van der Waals surface area (Å²) >= 11 is 6.14. The largest absolute Gasteiger partial charge is 0.383 e. The maximum Gasteiger partial charge on any atom is 0.0642 e. The normalized spacial score (nSPS) is 10.4. The van der Waals surface area contributed by atoms with Gasteiger partial charge in [0.2, 0.25) is 0 Å². The van der Waals surface area contributed by atoms with Crippen LogP contribution in [-0.2, 0) is 11.3 Å². The molecule has 2 N–H and O–H groups in total. The van der Waals surface area contributed by atoms with Gasteiger partial charge < -0.3 is 15.4 Å². The van der Waals surface area contributed by atoms with Crippen LogP contribution < -0.4 is 10.6 Å². The maximum absolute atomic E-state index is 6.14. The molecule has 0 bridgehead atoms. The van der Waals surface area contributed by atoms with E-state index in [0.717, 1.165) is 22.8 Å². The Balaban J connectivity index is 2.76. The number of ether oxygens (including phenoxy) is 1. The molecule has 0 unspecified atom stereocenters. The van der Waals surface area contributed by atoms with Gasteiger partial charge in [0.25, 0.3) is 0 Å². The highest BCUT2D eigenvalue weighted by Crippen LogP contribution is 2.25. The van der Waals surface area contributed by atoms with Crippen LogP contribution >= 0.6 is 11.6 Å².